The Hall–Kier alpha value is -5.64. The van der Waals surface area contributed by atoms with E-state index in [-0.39, 0.29) is 0 Å². The number of benzene rings is 8. The number of para-hydroxylation sites is 2. The SMILES string of the molecule is O=P1(c2ccccc2)c2ccccc2-c2ccccc2Sc2cc(-n3c4ccccc4c4ccccc43)ccc2-c2cc3c(cc21)sc1ccccc13. The van der Waals surface area contributed by atoms with Crippen LogP contribution < -0.4 is 15.9 Å². The maximum atomic E-state index is 16.7. The normalized spacial score (nSPS) is 15.2. The summed E-state index contributed by atoms with van der Waals surface area (Å²) in [6.07, 6.45) is 0. The van der Waals surface area contributed by atoms with Crippen molar-refractivity contribution >= 4 is 88.1 Å². The fourth-order valence-electron chi connectivity index (χ4n) is 8.31. The molecular formula is C48H30NOPS2. The second kappa shape index (κ2) is 11.9. The minimum Gasteiger partial charge on any atom is -0.309 e. The molecule has 1 aliphatic heterocycles. The third-order valence-electron chi connectivity index (χ3n) is 10.7. The van der Waals surface area contributed by atoms with Crippen molar-refractivity contribution in [2.75, 3.05) is 0 Å². The van der Waals surface area contributed by atoms with Crippen LogP contribution in [-0.2, 0) is 4.57 Å². The summed E-state index contributed by atoms with van der Waals surface area (Å²) in [7, 11) is -3.46. The second-order valence-electron chi connectivity index (χ2n) is 13.6. The fraction of sp³-hybridized carbons (Fsp3) is 0. The average molecular weight is 732 g/mol. The maximum Gasteiger partial charge on any atom is 0.172 e. The lowest BCUT2D eigenvalue weighted by Gasteiger charge is -2.28. The van der Waals surface area contributed by atoms with E-state index in [0.29, 0.717) is 0 Å². The first-order valence-electron chi connectivity index (χ1n) is 17.8. The summed E-state index contributed by atoms with van der Waals surface area (Å²) in [5.41, 5.74) is 7.63. The third-order valence-corrected chi connectivity index (χ3v) is 16.1. The van der Waals surface area contributed by atoms with Gasteiger partial charge in [0.2, 0.25) is 0 Å². The Kier molecular flexibility index (Phi) is 6.97. The van der Waals surface area contributed by atoms with Crippen LogP contribution in [0.25, 0.3) is 69.9 Å². The Bertz CT molecular complexity index is 3090. The van der Waals surface area contributed by atoms with E-state index in [2.05, 4.69) is 162 Å². The van der Waals surface area contributed by atoms with Gasteiger partial charge in [0.25, 0.3) is 0 Å². The van der Waals surface area contributed by atoms with Gasteiger partial charge in [-0.3, -0.25) is 0 Å². The van der Waals surface area contributed by atoms with Gasteiger partial charge in [0, 0.05) is 62.3 Å². The summed E-state index contributed by atoms with van der Waals surface area (Å²) in [6, 6.07) is 64.5. The number of aromatic nitrogens is 1. The second-order valence-corrected chi connectivity index (χ2v) is 18.4. The molecule has 8 aromatic carbocycles. The maximum absolute atomic E-state index is 16.7. The van der Waals surface area contributed by atoms with E-state index in [0.717, 1.165) is 58.3 Å². The van der Waals surface area contributed by atoms with Gasteiger partial charge in [0.05, 0.1) is 11.0 Å². The standard InChI is InChI=1S/C48H30NOPS2/c50-51(32-14-2-1-3-15-32)43-23-11-6-18-35(43)36-19-7-12-24-45(36)52-47-28-31(49-41-21-9-4-16-33(41)34-17-5-10-22-42(34)49)26-27-38(47)39-29-40-37-20-8-13-25-46(37)53-48(40)30-44(39)51/h1-30H. The van der Waals surface area contributed by atoms with Crippen LogP contribution in [0.4, 0.5) is 0 Å². The quantitative estimate of drug-likeness (QED) is 0.165. The lowest BCUT2D eigenvalue weighted by molar-refractivity contribution is 0.592. The topological polar surface area (TPSA) is 22.0 Å². The highest BCUT2D eigenvalue weighted by atomic mass is 32.2. The average Bonchev–Trinajstić information content (AvgIpc) is 3.76. The monoisotopic (exact) mass is 731 g/mol. The molecule has 0 N–H and O–H groups in total. The minimum absolute atomic E-state index is 0.836. The smallest absolute Gasteiger partial charge is 0.172 e. The lowest BCUT2D eigenvalue weighted by atomic mass is 10.0. The summed E-state index contributed by atoms with van der Waals surface area (Å²) < 4.78 is 21.5. The molecule has 250 valence electrons. The highest BCUT2D eigenvalue weighted by Gasteiger charge is 2.37. The molecule has 0 saturated carbocycles. The van der Waals surface area contributed by atoms with Gasteiger partial charge < -0.3 is 9.13 Å². The van der Waals surface area contributed by atoms with Crippen molar-refractivity contribution in [2.24, 2.45) is 0 Å². The zero-order valence-corrected chi connectivity index (χ0v) is 31.0. The van der Waals surface area contributed by atoms with Crippen molar-refractivity contribution < 1.29 is 4.57 Å². The van der Waals surface area contributed by atoms with Crippen LogP contribution in [0.2, 0.25) is 0 Å². The van der Waals surface area contributed by atoms with E-state index in [9.17, 15) is 0 Å². The molecule has 3 heterocycles. The van der Waals surface area contributed by atoms with Crippen molar-refractivity contribution in [3.05, 3.63) is 182 Å². The van der Waals surface area contributed by atoms with E-state index in [1.807, 2.05) is 24.3 Å². The van der Waals surface area contributed by atoms with Crippen LogP contribution in [-0.4, -0.2) is 4.57 Å². The van der Waals surface area contributed by atoms with Gasteiger partial charge in [-0.05, 0) is 70.8 Å². The van der Waals surface area contributed by atoms with Gasteiger partial charge in [-0.2, -0.15) is 0 Å². The molecule has 0 aliphatic carbocycles. The number of hydrogen-bond donors (Lipinski definition) is 0. The summed E-state index contributed by atoms with van der Waals surface area (Å²) >= 11 is 3.57. The summed E-state index contributed by atoms with van der Waals surface area (Å²) in [4.78, 5) is 2.25. The zero-order chi connectivity index (χ0) is 35.1. The third kappa shape index (κ3) is 4.63. The van der Waals surface area contributed by atoms with Crippen molar-refractivity contribution in [2.45, 2.75) is 9.79 Å². The molecule has 53 heavy (non-hydrogen) atoms. The fourth-order valence-corrected chi connectivity index (χ4v) is 13.7. The predicted octanol–water partition coefficient (Wildman–Crippen LogP) is 12.6. The van der Waals surface area contributed by atoms with Crippen LogP contribution in [0, 0.1) is 0 Å². The molecule has 0 saturated heterocycles. The molecule has 2 nitrogen and oxygen atoms in total. The van der Waals surface area contributed by atoms with Gasteiger partial charge >= 0.3 is 0 Å². The Morgan fingerprint density at radius 2 is 1.04 bits per heavy atom. The van der Waals surface area contributed by atoms with Crippen LogP contribution >= 0.6 is 30.2 Å². The molecule has 0 spiro atoms. The van der Waals surface area contributed by atoms with Crippen molar-refractivity contribution in [3.8, 4) is 27.9 Å². The van der Waals surface area contributed by atoms with Gasteiger partial charge in [0.1, 0.15) is 0 Å². The van der Waals surface area contributed by atoms with Crippen LogP contribution in [0.3, 0.4) is 0 Å². The molecule has 1 atom stereocenters. The Labute approximate surface area is 315 Å². The highest BCUT2D eigenvalue weighted by Crippen LogP contribution is 2.53. The van der Waals surface area contributed by atoms with Crippen LogP contribution in [0.15, 0.2) is 192 Å². The molecule has 0 fully saturated rings. The van der Waals surface area contributed by atoms with E-state index in [4.69, 9.17) is 0 Å². The van der Waals surface area contributed by atoms with Gasteiger partial charge in [-0.25, -0.2) is 0 Å². The molecule has 5 heteroatoms. The first-order valence-corrected chi connectivity index (χ1v) is 21.1. The summed E-state index contributed by atoms with van der Waals surface area (Å²) in [5, 5.41) is 7.47. The molecule has 1 aliphatic rings. The van der Waals surface area contributed by atoms with Crippen molar-refractivity contribution in [1.82, 2.24) is 4.57 Å². The summed E-state index contributed by atoms with van der Waals surface area (Å²) in [5.74, 6) is 0. The van der Waals surface area contributed by atoms with Gasteiger partial charge in [-0.1, -0.05) is 145 Å². The molecule has 1 unspecified atom stereocenters. The molecule has 2 aromatic heterocycles. The molecule has 0 bridgehead atoms. The Morgan fingerprint density at radius 1 is 0.415 bits per heavy atom. The first kappa shape index (κ1) is 30.9. The Balaban J connectivity index is 1.30. The number of fused-ring (bicyclic) bond motifs is 12. The number of thiophene rings is 1. The minimum atomic E-state index is -3.46. The first-order chi connectivity index (χ1) is 26.2. The van der Waals surface area contributed by atoms with E-state index in [1.165, 1.54) is 37.3 Å². The van der Waals surface area contributed by atoms with Crippen LogP contribution in [0.1, 0.15) is 0 Å². The molecule has 10 aromatic rings. The van der Waals surface area contributed by atoms with E-state index < -0.39 is 7.14 Å². The number of rotatable bonds is 2. The molecule has 0 amide bonds. The number of hydrogen-bond acceptors (Lipinski definition) is 3. The van der Waals surface area contributed by atoms with Gasteiger partial charge in [-0.15, -0.1) is 11.3 Å². The highest BCUT2D eigenvalue weighted by molar-refractivity contribution is 7.99. The Morgan fingerprint density at radius 3 is 1.83 bits per heavy atom. The van der Waals surface area contributed by atoms with E-state index >= 15 is 4.57 Å². The largest absolute Gasteiger partial charge is 0.309 e. The molecular weight excluding hydrogens is 702 g/mol. The van der Waals surface area contributed by atoms with E-state index in [1.54, 1.807) is 23.1 Å². The predicted molar refractivity (Wildman–Crippen MR) is 228 cm³/mol. The van der Waals surface area contributed by atoms with Crippen molar-refractivity contribution in [1.29, 1.82) is 0 Å². The van der Waals surface area contributed by atoms with Crippen LogP contribution in [0.5, 0.6) is 0 Å². The number of nitrogens with zero attached hydrogens (tertiary/aromatic N) is 1. The molecule has 11 rings (SSSR count). The lowest BCUT2D eigenvalue weighted by Crippen LogP contribution is -2.28. The van der Waals surface area contributed by atoms with Crippen molar-refractivity contribution in [3.63, 3.8) is 0 Å². The summed E-state index contributed by atoms with van der Waals surface area (Å²) in [6.45, 7) is 0. The van der Waals surface area contributed by atoms with Gasteiger partial charge in [0.15, 0.2) is 7.14 Å². The molecule has 0 radical (unpaired) electrons. The zero-order valence-electron chi connectivity index (χ0n) is 28.4.